The second-order valence-electron chi connectivity index (χ2n) is 6.08. The van der Waals surface area contributed by atoms with Gasteiger partial charge in [-0.15, -0.1) is 0 Å². The Kier molecular flexibility index (Phi) is 6.30. The molecule has 1 saturated carbocycles. The van der Waals surface area contributed by atoms with Crippen molar-refractivity contribution in [2.75, 3.05) is 13.1 Å². The van der Waals surface area contributed by atoms with Crippen molar-refractivity contribution in [2.24, 2.45) is 0 Å². The Bertz CT molecular complexity index is 761. The van der Waals surface area contributed by atoms with Crippen molar-refractivity contribution in [1.82, 2.24) is 10.2 Å². The van der Waals surface area contributed by atoms with Crippen molar-refractivity contribution in [3.8, 4) is 0 Å². The minimum Gasteiger partial charge on any atom is -0.480 e. The van der Waals surface area contributed by atoms with Gasteiger partial charge in [-0.1, -0.05) is 6.92 Å². The molecule has 0 radical (unpaired) electrons. The van der Waals surface area contributed by atoms with E-state index in [0.29, 0.717) is 19.4 Å². The third-order valence-corrected chi connectivity index (χ3v) is 5.79. The molecule has 1 fully saturated rings. The number of carbonyl (C=O) groups is 2. The summed E-state index contributed by atoms with van der Waals surface area (Å²) in [5.74, 6) is -4.85. The fraction of sp³-hybridized carbons (Fsp3) is 0.500. The Morgan fingerprint density at radius 3 is 2.31 bits per heavy atom. The molecule has 26 heavy (non-hydrogen) atoms. The predicted molar refractivity (Wildman–Crippen MR) is 88.8 cm³/mol. The van der Waals surface area contributed by atoms with E-state index in [4.69, 9.17) is 5.11 Å². The number of hydrogen-bond donors (Lipinski definition) is 2. The van der Waals surface area contributed by atoms with Gasteiger partial charge in [-0.3, -0.25) is 14.5 Å². The van der Waals surface area contributed by atoms with Gasteiger partial charge < -0.3 is 10.4 Å². The number of sulfone groups is 1. The Morgan fingerprint density at radius 1 is 1.27 bits per heavy atom. The quantitative estimate of drug-likeness (QED) is 0.695. The Labute approximate surface area is 149 Å². The molecule has 10 heteroatoms. The van der Waals surface area contributed by atoms with Crippen LogP contribution in [0.4, 0.5) is 8.78 Å². The topological polar surface area (TPSA) is 104 Å². The highest BCUT2D eigenvalue weighted by Crippen LogP contribution is 2.26. The molecule has 0 atom stereocenters. The minimum atomic E-state index is -4.68. The van der Waals surface area contributed by atoms with Gasteiger partial charge in [-0.25, -0.2) is 8.42 Å². The fourth-order valence-electron chi connectivity index (χ4n) is 2.84. The number of amides is 1. The molecule has 1 aromatic rings. The zero-order valence-corrected chi connectivity index (χ0v) is 14.9. The van der Waals surface area contributed by atoms with Crippen LogP contribution in [0.1, 0.15) is 30.1 Å². The lowest BCUT2D eigenvalue weighted by Gasteiger charge is -2.42. The van der Waals surface area contributed by atoms with E-state index in [-0.39, 0.29) is 24.2 Å². The number of likely N-dealkylation sites (N-methyl/N-ethyl adjacent to an activating group) is 1. The minimum absolute atomic E-state index is 0.0537. The molecule has 1 amide bonds. The van der Waals surface area contributed by atoms with Crippen LogP contribution in [0.2, 0.25) is 0 Å². The summed E-state index contributed by atoms with van der Waals surface area (Å²) in [7, 11) is -4.68. The lowest BCUT2D eigenvalue weighted by Crippen LogP contribution is -2.54. The lowest BCUT2D eigenvalue weighted by atomic mass is 9.85. The number of alkyl halides is 2. The number of nitrogens with one attached hydrogen (secondary N) is 1. The van der Waals surface area contributed by atoms with Crippen LogP contribution in [-0.2, 0) is 14.6 Å². The summed E-state index contributed by atoms with van der Waals surface area (Å²) in [6, 6.07) is 4.30. The molecule has 0 unspecified atom stereocenters. The van der Waals surface area contributed by atoms with E-state index in [2.05, 4.69) is 5.32 Å². The van der Waals surface area contributed by atoms with E-state index >= 15 is 0 Å². The molecule has 7 nitrogen and oxygen atoms in total. The molecular formula is C16H20F2N2O5S. The highest BCUT2D eigenvalue weighted by Gasteiger charge is 2.35. The normalized spacial score (nSPS) is 20.0. The standard InChI is InChI=1S/C16H20F2N2O5S/c1-2-20(9-14(21)22)12-7-11(8-12)19-15(23)10-3-5-13(6-4-10)26(24,25)16(17)18/h3-6,11-12,16H,2,7-9H2,1H3,(H,19,23)(H,21,22). The van der Waals surface area contributed by atoms with Crippen LogP contribution < -0.4 is 5.32 Å². The summed E-state index contributed by atoms with van der Waals surface area (Å²) in [4.78, 5) is 24.2. The highest BCUT2D eigenvalue weighted by atomic mass is 32.2. The average Bonchev–Trinajstić information content (AvgIpc) is 2.55. The zero-order chi connectivity index (χ0) is 19.5. The number of aliphatic carboxylic acids is 1. The monoisotopic (exact) mass is 390 g/mol. The summed E-state index contributed by atoms with van der Waals surface area (Å²) in [5, 5.41) is 11.6. The largest absolute Gasteiger partial charge is 0.480 e. The van der Waals surface area contributed by atoms with Crippen molar-refractivity contribution >= 4 is 21.7 Å². The van der Waals surface area contributed by atoms with Gasteiger partial charge in [0.1, 0.15) is 0 Å². The second kappa shape index (κ2) is 8.09. The van der Waals surface area contributed by atoms with Crippen LogP contribution in [0.5, 0.6) is 0 Å². The third-order valence-electron chi connectivity index (χ3n) is 4.39. The van der Waals surface area contributed by atoms with Crippen LogP contribution in [0.15, 0.2) is 29.2 Å². The van der Waals surface area contributed by atoms with Crippen molar-refractivity contribution < 1.29 is 31.9 Å². The van der Waals surface area contributed by atoms with Crippen LogP contribution in [0.3, 0.4) is 0 Å². The first-order valence-electron chi connectivity index (χ1n) is 8.04. The van der Waals surface area contributed by atoms with Gasteiger partial charge in [-0.2, -0.15) is 8.78 Å². The van der Waals surface area contributed by atoms with E-state index in [1.54, 1.807) is 0 Å². The maximum atomic E-state index is 12.5. The molecule has 2 N–H and O–H groups in total. The Morgan fingerprint density at radius 2 is 1.85 bits per heavy atom. The molecule has 1 aliphatic carbocycles. The predicted octanol–water partition coefficient (Wildman–Crippen LogP) is 1.35. The van der Waals surface area contributed by atoms with Crippen molar-refractivity contribution in [2.45, 2.75) is 42.5 Å². The van der Waals surface area contributed by atoms with Crippen LogP contribution >= 0.6 is 0 Å². The zero-order valence-electron chi connectivity index (χ0n) is 14.1. The Hall–Kier alpha value is -2.07. The van der Waals surface area contributed by atoms with Gasteiger partial charge in [0, 0.05) is 17.6 Å². The van der Waals surface area contributed by atoms with E-state index in [9.17, 15) is 26.8 Å². The lowest BCUT2D eigenvalue weighted by molar-refractivity contribution is -0.139. The van der Waals surface area contributed by atoms with Gasteiger partial charge in [0.2, 0.25) is 9.84 Å². The maximum Gasteiger partial charge on any atom is 0.341 e. The first-order valence-corrected chi connectivity index (χ1v) is 9.58. The number of carbonyl (C=O) groups excluding carboxylic acids is 1. The molecule has 0 aromatic heterocycles. The number of hydrogen-bond acceptors (Lipinski definition) is 5. The van der Waals surface area contributed by atoms with Crippen LogP contribution in [-0.4, -0.2) is 61.2 Å². The first-order chi connectivity index (χ1) is 12.1. The number of benzene rings is 1. The Balaban J connectivity index is 1.91. The average molecular weight is 390 g/mol. The first kappa shape index (κ1) is 20.2. The molecule has 0 heterocycles. The molecule has 2 rings (SSSR count). The maximum absolute atomic E-state index is 12.5. The summed E-state index contributed by atoms with van der Waals surface area (Å²) < 4.78 is 47.7. The number of carboxylic acid groups (broad SMARTS) is 1. The van der Waals surface area contributed by atoms with Gasteiger partial charge in [0.05, 0.1) is 11.4 Å². The van der Waals surface area contributed by atoms with Crippen molar-refractivity contribution in [3.63, 3.8) is 0 Å². The van der Waals surface area contributed by atoms with Crippen molar-refractivity contribution in [3.05, 3.63) is 29.8 Å². The van der Waals surface area contributed by atoms with E-state index in [1.807, 2.05) is 11.8 Å². The van der Waals surface area contributed by atoms with Crippen LogP contribution in [0, 0.1) is 0 Å². The summed E-state index contributed by atoms with van der Waals surface area (Å²) in [5.41, 5.74) is 0.166. The molecule has 0 saturated heterocycles. The molecular weight excluding hydrogens is 370 g/mol. The molecule has 144 valence electrons. The number of halogens is 2. The second-order valence-corrected chi connectivity index (χ2v) is 8.00. The summed E-state index contributed by atoms with van der Waals surface area (Å²) in [6.07, 6.45) is 1.23. The van der Waals surface area contributed by atoms with Crippen LogP contribution in [0.25, 0.3) is 0 Å². The summed E-state index contributed by atoms with van der Waals surface area (Å²) in [6.45, 7) is 2.41. The van der Waals surface area contributed by atoms with E-state index < -0.39 is 32.4 Å². The van der Waals surface area contributed by atoms with Crippen molar-refractivity contribution in [1.29, 1.82) is 0 Å². The SMILES string of the molecule is CCN(CC(=O)O)C1CC(NC(=O)c2ccc(S(=O)(=O)C(F)F)cc2)C1. The van der Waals surface area contributed by atoms with Gasteiger partial charge in [0.15, 0.2) is 0 Å². The smallest absolute Gasteiger partial charge is 0.341 e. The number of nitrogens with zero attached hydrogens (tertiary/aromatic N) is 1. The molecule has 1 aromatic carbocycles. The number of rotatable bonds is 8. The molecule has 0 bridgehead atoms. The molecule has 1 aliphatic rings. The summed E-state index contributed by atoms with van der Waals surface area (Å²) >= 11 is 0. The molecule has 0 aliphatic heterocycles. The third kappa shape index (κ3) is 4.55. The fourth-order valence-corrected chi connectivity index (χ4v) is 3.57. The van der Waals surface area contributed by atoms with Gasteiger partial charge in [-0.05, 0) is 43.7 Å². The molecule has 0 spiro atoms. The van der Waals surface area contributed by atoms with Gasteiger partial charge in [0.25, 0.3) is 5.91 Å². The van der Waals surface area contributed by atoms with Gasteiger partial charge >= 0.3 is 11.7 Å². The number of carboxylic acids is 1. The van der Waals surface area contributed by atoms with E-state index in [1.165, 1.54) is 12.1 Å². The highest BCUT2D eigenvalue weighted by molar-refractivity contribution is 7.91. The van der Waals surface area contributed by atoms with E-state index in [0.717, 1.165) is 12.1 Å².